The fourth-order valence-electron chi connectivity index (χ4n) is 3.38. The fraction of sp³-hybridized carbons (Fsp3) is 0.526. The Labute approximate surface area is 127 Å². The minimum atomic E-state index is -0.374. The summed E-state index contributed by atoms with van der Waals surface area (Å²) in [6.45, 7) is 3.76. The van der Waals surface area contributed by atoms with Gasteiger partial charge in [0.2, 0.25) is 0 Å². The highest BCUT2D eigenvalue weighted by Gasteiger charge is 2.22. The summed E-state index contributed by atoms with van der Waals surface area (Å²) in [4.78, 5) is 0. The molecule has 0 aliphatic heterocycles. The molecule has 21 heavy (non-hydrogen) atoms. The second kappa shape index (κ2) is 7.98. The monoisotopic (exact) mass is 285 g/mol. The van der Waals surface area contributed by atoms with Gasteiger partial charge in [-0.1, -0.05) is 25.0 Å². The maximum atomic E-state index is 13.7. The highest BCUT2D eigenvalue weighted by atomic mass is 19.1. The van der Waals surface area contributed by atoms with E-state index in [-0.39, 0.29) is 11.4 Å². The zero-order chi connectivity index (χ0) is 15.1. The maximum absolute atomic E-state index is 13.7. The third-order valence-corrected chi connectivity index (χ3v) is 4.70. The Morgan fingerprint density at radius 1 is 1.24 bits per heavy atom. The Balaban J connectivity index is 1.82. The lowest BCUT2D eigenvalue weighted by Crippen LogP contribution is -2.13. The first kappa shape index (κ1) is 15.8. The second-order valence-corrected chi connectivity index (χ2v) is 6.14. The molecule has 0 saturated heterocycles. The highest BCUT2D eigenvalue weighted by Crippen LogP contribution is 2.38. The molecule has 0 aromatic heterocycles. The Morgan fingerprint density at radius 2 is 2.00 bits per heavy atom. The Kier molecular flexibility index (Phi) is 5.99. The summed E-state index contributed by atoms with van der Waals surface area (Å²) in [5.74, 6) is 0.938. The van der Waals surface area contributed by atoms with Crippen molar-refractivity contribution in [3.8, 4) is 6.07 Å². The molecule has 1 aromatic rings. The molecule has 1 saturated carbocycles. The topological polar surface area (TPSA) is 23.8 Å². The molecule has 0 amide bonds. The maximum Gasteiger partial charge on any atom is 0.141 e. The fourth-order valence-corrected chi connectivity index (χ4v) is 3.38. The zero-order valence-corrected chi connectivity index (χ0v) is 12.7. The second-order valence-electron chi connectivity index (χ2n) is 6.14. The van der Waals surface area contributed by atoms with Crippen LogP contribution in [0.2, 0.25) is 0 Å². The molecule has 0 spiro atoms. The molecular weight excluding hydrogens is 261 g/mol. The van der Waals surface area contributed by atoms with Crippen LogP contribution in [0.25, 0.3) is 0 Å². The summed E-state index contributed by atoms with van der Waals surface area (Å²) in [6.07, 6.45) is 11.8. The van der Waals surface area contributed by atoms with Gasteiger partial charge in [0.1, 0.15) is 11.9 Å². The van der Waals surface area contributed by atoms with Crippen molar-refractivity contribution in [1.82, 2.24) is 0 Å². The molecule has 1 nitrogen and oxygen atoms in total. The van der Waals surface area contributed by atoms with Gasteiger partial charge in [-0.2, -0.15) is 5.26 Å². The molecule has 2 heteroatoms. The number of benzene rings is 1. The average Bonchev–Trinajstić information content (AvgIpc) is 2.52. The van der Waals surface area contributed by atoms with Crippen LogP contribution in [0.1, 0.15) is 68.4 Å². The van der Waals surface area contributed by atoms with Gasteiger partial charge in [-0.3, -0.25) is 0 Å². The van der Waals surface area contributed by atoms with E-state index in [2.05, 4.69) is 6.58 Å². The van der Waals surface area contributed by atoms with Gasteiger partial charge in [-0.05, 0) is 68.1 Å². The van der Waals surface area contributed by atoms with Gasteiger partial charge in [-0.15, -0.1) is 6.58 Å². The van der Waals surface area contributed by atoms with Crippen molar-refractivity contribution in [2.75, 3.05) is 0 Å². The summed E-state index contributed by atoms with van der Waals surface area (Å²) < 4.78 is 13.7. The molecule has 112 valence electrons. The minimum Gasteiger partial charge on any atom is -0.206 e. The molecular formula is C19H24FN. The van der Waals surface area contributed by atoms with Crippen LogP contribution in [0, 0.1) is 23.1 Å². The summed E-state index contributed by atoms with van der Waals surface area (Å²) in [5.41, 5.74) is 1.21. The van der Waals surface area contributed by atoms with Crippen LogP contribution < -0.4 is 0 Å². The SMILES string of the molecule is C=CCCCCC1CCC(c2ccc(C#N)c(F)c2)CC1. The standard InChI is InChI=1S/C19H24FN/c1-2-3-4-5-6-15-7-9-16(10-8-15)17-11-12-18(14-21)19(20)13-17/h2,11-13,15-16H,1,3-10H2. The van der Waals surface area contributed by atoms with E-state index in [1.54, 1.807) is 12.1 Å². The Bertz CT molecular complexity index is 507. The van der Waals surface area contributed by atoms with Crippen LogP contribution in [-0.2, 0) is 0 Å². The number of allylic oxidation sites excluding steroid dienone is 1. The van der Waals surface area contributed by atoms with Crippen molar-refractivity contribution in [2.45, 2.75) is 57.3 Å². The Morgan fingerprint density at radius 3 is 2.62 bits per heavy atom. The molecule has 0 atom stereocenters. The third-order valence-electron chi connectivity index (χ3n) is 4.70. The van der Waals surface area contributed by atoms with Gasteiger partial charge >= 0.3 is 0 Å². The zero-order valence-electron chi connectivity index (χ0n) is 12.7. The molecule has 2 rings (SSSR count). The van der Waals surface area contributed by atoms with E-state index in [1.165, 1.54) is 32.1 Å². The van der Waals surface area contributed by atoms with Crippen molar-refractivity contribution in [2.24, 2.45) is 5.92 Å². The van der Waals surface area contributed by atoms with Crippen LogP contribution in [0.5, 0.6) is 0 Å². The number of halogens is 1. The smallest absolute Gasteiger partial charge is 0.141 e. The Hall–Kier alpha value is -1.62. The molecule has 0 N–H and O–H groups in total. The van der Waals surface area contributed by atoms with Gasteiger partial charge in [-0.25, -0.2) is 4.39 Å². The third kappa shape index (κ3) is 4.43. The summed E-state index contributed by atoms with van der Waals surface area (Å²) in [7, 11) is 0. The molecule has 0 radical (unpaired) electrons. The highest BCUT2D eigenvalue weighted by molar-refractivity contribution is 5.34. The molecule has 1 aromatic carbocycles. The van der Waals surface area contributed by atoms with E-state index in [9.17, 15) is 4.39 Å². The van der Waals surface area contributed by atoms with E-state index >= 15 is 0 Å². The largest absolute Gasteiger partial charge is 0.206 e. The van der Waals surface area contributed by atoms with E-state index in [4.69, 9.17) is 5.26 Å². The molecule has 1 aliphatic rings. The van der Waals surface area contributed by atoms with Crippen molar-refractivity contribution in [3.05, 3.63) is 47.8 Å². The molecule has 0 bridgehead atoms. The number of hydrogen-bond acceptors (Lipinski definition) is 1. The summed E-state index contributed by atoms with van der Waals surface area (Å²) in [6, 6.07) is 6.99. The van der Waals surface area contributed by atoms with Crippen molar-refractivity contribution in [3.63, 3.8) is 0 Å². The van der Waals surface area contributed by atoms with Crippen LogP contribution >= 0.6 is 0 Å². The van der Waals surface area contributed by atoms with Gasteiger partial charge in [0.05, 0.1) is 5.56 Å². The lowest BCUT2D eigenvalue weighted by molar-refractivity contribution is 0.303. The molecule has 0 unspecified atom stereocenters. The molecule has 1 aliphatic carbocycles. The van der Waals surface area contributed by atoms with Crippen LogP contribution in [0.4, 0.5) is 4.39 Å². The van der Waals surface area contributed by atoms with Gasteiger partial charge in [0, 0.05) is 0 Å². The van der Waals surface area contributed by atoms with E-state index in [0.717, 1.165) is 30.7 Å². The van der Waals surface area contributed by atoms with Gasteiger partial charge < -0.3 is 0 Å². The van der Waals surface area contributed by atoms with Crippen LogP contribution in [0.15, 0.2) is 30.9 Å². The van der Waals surface area contributed by atoms with Crippen molar-refractivity contribution < 1.29 is 4.39 Å². The van der Waals surface area contributed by atoms with Crippen LogP contribution in [0.3, 0.4) is 0 Å². The number of nitrogens with zero attached hydrogens (tertiary/aromatic N) is 1. The average molecular weight is 285 g/mol. The lowest BCUT2D eigenvalue weighted by atomic mass is 9.77. The summed E-state index contributed by atoms with van der Waals surface area (Å²) >= 11 is 0. The quantitative estimate of drug-likeness (QED) is 0.484. The normalized spacial score (nSPS) is 21.7. The first-order valence-electron chi connectivity index (χ1n) is 8.05. The number of nitriles is 1. The number of hydrogen-bond donors (Lipinski definition) is 0. The van der Waals surface area contributed by atoms with Crippen LogP contribution in [-0.4, -0.2) is 0 Å². The first-order valence-corrected chi connectivity index (χ1v) is 8.05. The first-order chi connectivity index (χ1) is 10.2. The van der Waals surface area contributed by atoms with Gasteiger partial charge in [0.25, 0.3) is 0 Å². The van der Waals surface area contributed by atoms with Gasteiger partial charge in [0.15, 0.2) is 0 Å². The number of unbranched alkanes of at least 4 members (excludes halogenated alkanes) is 2. The predicted octanol–water partition coefficient (Wildman–Crippen LogP) is 5.72. The minimum absolute atomic E-state index is 0.148. The number of rotatable bonds is 6. The molecule has 1 fully saturated rings. The van der Waals surface area contributed by atoms with E-state index < -0.39 is 0 Å². The van der Waals surface area contributed by atoms with Crippen molar-refractivity contribution >= 4 is 0 Å². The lowest BCUT2D eigenvalue weighted by Gasteiger charge is -2.29. The predicted molar refractivity (Wildman–Crippen MR) is 84.5 cm³/mol. The van der Waals surface area contributed by atoms with E-state index in [0.29, 0.717) is 5.92 Å². The van der Waals surface area contributed by atoms with E-state index in [1.807, 2.05) is 18.2 Å². The summed E-state index contributed by atoms with van der Waals surface area (Å²) in [5, 5.41) is 8.78. The van der Waals surface area contributed by atoms with Crippen molar-refractivity contribution in [1.29, 1.82) is 5.26 Å². The molecule has 0 heterocycles.